The van der Waals surface area contributed by atoms with Crippen molar-refractivity contribution in [2.24, 2.45) is 0 Å². The predicted octanol–water partition coefficient (Wildman–Crippen LogP) is 6.60. The van der Waals surface area contributed by atoms with Gasteiger partial charge in [-0.2, -0.15) is 0 Å². The van der Waals surface area contributed by atoms with E-state index < -0.39 is 0 Å². The number of carbonyl (C=O) groups excluding carboxylic acids is 1. The Kier molecular flexibility index (Phi) is 7.42. The van der Waals surface area contributed by atoms with Crippen molar-refractivity contribution < 1.29 is 14.3 Å². The van der Waals surface area contributed by atoms with E-state index in [-0.39, 0.29) is 12.3 Å². The molecule has 1 amide bonds. The molecule has 0 radical (unpaired) electrons. The Hall–Kier alpha value is -4.64. The lowest BCUT2D eigenvalue weighted by Crippen LogP contribution is -2.31. The van der Waals surface area contributed by atoms with Crippen molar-refractivity contribution in [3.05, 3.63) is 132 Å². The van der Waals surface area contributed by atoms with Gasteiger partial charge >= 0.3 is 0 Å². The highest BCUT2D eigenvalue weighted by Gasteiger charge is 2.19. The van der Waals surface area contributed by atoms with Gasteiger partial charge in [-0.3, -0.25) is 4.79 Å². The van der Waals surface area contributed by atoms with Crippen LogP contribution in [0.1, 0.15) is 16.8 Å². The van der Waals surface area contributed by atoms with Crippen LogP contribution in [0.25, 0.3) is 10.9 Å². The Morgan fingerprint density at radius 2 is 1.51 bits per heavy atom. The Bertz CT molecular complexity index is 1480. The first kappa shape index (κ1) is 24.1. The molecule has 37 heavy (non-hydrogen) atoms. The summed E-state index contributed by atoms with van der Waals surface area (Å²) >= 11 is 0. The van der Waals surface area contributed by atoms with E-state index in [2.05, 4.69) is 11.1 Å². The number of pyridine rings is 1. The largest absolute Gasteiger partial charge is 0.496 e. The Morgan fingerprint density at radius 1 is 0.784 bits per heavy atom. The van der Waals surface area contributed by atoms with Crippen molar-refractivity contribution >= 4 is 22.5 Å². The summed E-state index contributed by atoms with van der Waals surface area (Å²) in [7, 11) is 1.62. The third-order valence-corrected chi connectivity index (χ3v) is 6.21. The first-order valence-electron chi connectivity index (χ1n) is 12.2. The molecule has 1 aromatic heterocycles. The maximum Gasteiger partial charge on any atom is 0.231 e. The second kappa shape index (κ2) is 11.4. The van der Waals surface area contributed by atoms with Gasteiger partial charge in [0.1, 0.15) is 18.1 Å². The fourth-order valence-electron chi connectivity index (χ4n) is 4.27. The molecule has 0 fully saturated rings. The van der Waals surface area contributed by atoms with Gasteiger partial charge in [0.2, 0.25) is 5.91 Å². The molecular weight excluding hydrogens is 460 g/mol. The third kappa shape index (κ3) is 5.96. The van der Waals surface area contributed by atoms with Crippen LogP contribution >= 0.6 is 0 Å². The van der Waals surface area contributed by atoms with E-state index >= 15 is 0 Å². The number of hydrogen-bond donors (Lipinski definition) is 0. The van der Waals surface area contributed by atoms with Gasteiger partial charge in [0.15, 0.2) is 0 Å². The number of fused-ring (bicyclic) bond motifs is 1. The maximum atomic E-state index is 13.5. The summed E-state index contributed by atoms with van der Waals surface area (Å²) in [5, 5.41) is 1.10. The summed E-state index contributed by atoms with van der Waals surface area (Å²) in [5.41, 5.74) is 4.53. The SMILES string of the molecule is COc1ccccc1CC(=O)N(Cc1ccccc1)c1ccc(OCc2ccc3ccccc3n2)cc1. The van der Waals surface area contributed by atoms with Gasteiger partial charge in [0.05, 0.1) is 31.3 Å². The minimum Gasteiger partial charge on any atom is -0.496 e. The van der Waals surface area contributed by atoms with E-state index in [1.54, 1.807) is 12.0 Å². The molecule has 0 saturated heterocycles. The molecule has 0 unspecified atom stereocenters. The number of carbonyl (C=O) groups is 1. The number of ether oxygens (including phenoxy) is 2. The van der Waals surface area contributed by atoms with Crippen LogP contribution in [-0.4, -0.2) is 18.0 Å². The van der Waals surface area contributed by atoms with E-state index in [9.17, 15) is 4.79 Å². The molecule has 4 aromatic carbocycles. The second-order valence-corrected chi connectivity index (χ2v) is 8.73. The molecule has 0 atom stereocenters. The summed E-state index contributed by atoms with van der Waals surface area (Å²) in [6, 6.07) is 37.3. The lowest BCUT2D eigenvalue weighted by Gasteiger charge is -2.24. The van der Waals surface area contributed by atoms with Crippen molar-refractivity contribution in [3.63, 3.8) is 0 Å². The highest BCUT2D eigenvalue weighted by Crippen LogP contribution is 2.25. The lowest BCUT2D eigenvalue weighted by atomic mass is 10.1. The summed E-state index contributed by atoms with van der Waals surface area (Å²) in [4.78, 5) is 20.0. The molecule has 1 heterocycles. The number of anilines is 1. The van der Waals surface area contributed by atoms with E-state index in [1.807, 2.05) is 109 Å². The van der Waals surface area contributed by atoms with Crippen LogP contribution in [0.15, 0.2) is 115 Å². The molecule has 0 aliphatic carbocycles. The zero-order valence-electron chi connectivity index (χ0n) is 20.7. The van der Waals surface area contributed by atoms with Crippen LogP contribution in [0.4, 0.5) is 5.69 Å². The summed E-state index contributed by atoms with van der Waals surface area (Å²) in [6.07, 6.45) is 0.239. The Labute approximate surface area is 216 Å². The Morgan fingerprint density at radius 3 is 2.32 bits per heavy atom. The van der Waals surface area contributed by atoms with Gasteiger partial charge in [-0.05, 0) is 48.0 Å². The molecule has 0 N–H and O–H groups in total. The van der Waals surface area contributed by atoms with Crippen LogP contribution in [0.2, 0.25) is 0 Å². The van der Waals surface area contributed by atoms with Crippen molar-refractivity contribution in [3.8, 4) is 11.5 Å². The van der Waals surface area contributed by atoms with Crippen LogP contribution in [-0.2, 0) is 24.4 Å². The fraction of sp³-hybridized carbons (Fsp3) is 0.125. The second-order valence-electron chi connectivity index (χ2n) is 8.73. The van der Waals surface area contributed by atoms with Gasteiger partial charge < -0.3 is 14.4 Å². The van der Waals surface area contributed by atoms with Crippen LogP contribution in [0.3, 0.4) is 0 Å². The average Bonchev–Trinajstić information content (AvgIpc) is 2.96. The van der Waals surface area contributed by atoms with Crippen molar-refractivity contribution in [1.29, 1.82) is 0 Å². The zero-order valence-corrected chi connectivity index (χ0v) is 20.7. The van der Waals surface area contributed by atoms with Crippen molar-refractivity contribution in [2.75, 3.05) is 12.0 Å². The molecule has 0 saturated carbocycles. The summed E-state index contributed by atoms with van der Waals surface area (Å²) in [5.74, 6) is 1.42. The number of nitrogens with zero attached hydrogens (tertiary/aromatic N) is 2. The summed E-state index contributed by atoms with van der Waals surface area (Å²) < 4.78 is 11.5. The van der Waals surface area contributed by atoms with Gasteiger partial charge in [-0.15, -0.1) is 0 Å². The van der Waals surface area contributed by atoms with Gasteiger partial charge in [0, 0.05) is 16.6 Å². The Balaban J connectivity index is 1.33. The van der Waals surface area contributed by atoms with Crippen LogP contribution < -0.4 is 14.4 Å². The van der Waals surface area contributed by atoms with E-state index in [1.165, 1.54) is 0 Å². The normalized spacial score (nSPS) is 10.7. The molecule has 0 aliphatic rings. The standard InChI is InChI=1S/C32H28N2O3/c1-36-31-14-8-6-12-26(31)21-32(35)34(22-24-9-3-2-4-10-24)28-17-19-29(20-18-28)37-23-27-16-15-25-11-5-7-13-30(25)33-27/h2-20H,21-23H2,1H3. The number of hydrogen-bond acceptors (Lipinski definition) is 4. The lowest BCUT2D eigenvalue weighted by molar-refractivity contribution is -0.118. The minimum atomic E-state index is -0.0117. The molecule has 0 bridgehead atoms. The molecule has 0 spiro atoms. The molecule has 5 aromatic rings. The molecule has 5 rings (SSSR count). The van der Waals surface area contributed by atoms with E-state index in [4.69, 9.17) is 9.47 Å². The van der Waals surface area contributed by atoms with E-state index in [0.717, 1.165) is 39.2 Å². The number of para-hydroxylation sites is 2. The number of methoxy groups -OCH3 is 1. The van der Waals surface area contributed by atoms with Crippen molar-refractivity contribution in [2.45, 2.75) is 19.6 Å². The molecule has 0 aliphatic heterocycles. The predicted molar refractivity (Wildman–Crippen MR) is 147 cm³/mol. The highest BCUT2D eigenvalue weighted by molar-refractivity contribution is 5.95. The van der Waals surface area contributed by atoms with Crippen molar-refractivity contribution in [1.82, 2.24) is 4.98 Å². The smallest absolute Gasteiger partial charge is 0.231 e. The molecular formula is C32H28N2O3. The van der Waals surface area contributed by atoms with Crippen LogP contribution in [0.5, 0.6) is 11.5 Å². The molecule has 184 valence electrons. The first-order chi connectivity index (χ1) is 18.2. The fourth-order valence-corrected chi connectivity index (χ4v) is 4.27. The number of aromatic nitrogens is 1. The first-order valence-corrected chi connectivity index (χ1v) is 12.2. The quantitative estimate of drug-likeness (QED) is 0.235. The number of rotatable bonds is 9. The number of benzene rings is 4. The zero-order chi connectivity index (χ0) is 25.5. The molecule has 5 nitrogen and oxygen atoms in total. The maximum absolute atomic E-state index is 13.5. The van der Waals surface area contributed by atoms with Gasteiger partial charge in [-0.1, -0.05) is 72.8 Å². The topological polar surface area (TPSA) is 51.7 Å². The minimum absolute atomic E-state index is 0.0117. The van der Waals surface area contributed by atoms with Gasteiger partial charge in [-0.25, -0.2) is 4.98 Å². The summed E-state index contributed by atoms with van der Waals surface area (Å²) in [6.45, 7) is 0.834. The van der Waals surface area contributed by atoms with E-state index in [0.29, 0.717) is 18.9 Å². The van der Waals surface area contributed by atoms with Gasteiger partial charge in [0.25, 0.3) is 0 Å². The van der Waals surface area contributed by atoms with Crippen LogP contribution in [0, 0.1) is 0 Å². The average molecular weight is 489 g/mol. The highest BCUT2D eigenvalue weighted by atomic mass is 16.5. The third-order valence-electron chi connectivity index (χ3n) is 6.21. The molecule has 5 heteroatoms. The number of amides is 1. The monoisotopic (exact) mass is 488 g/mol.